The molecule has 2 heterocycles. The predicted octanol–water partition coefficient (Wildman–Crippen LogP) is 0.969. The van der Waals surface area contributed by atoms with Crippen LogP contribution in [0.25, 0.3) is 0 Å². The SMILES string of the molecule is O=C(NC1CC1)c1cnc(N2CCCC2)cn1. The molecule has 3 rings (SSSR count). The molecule has 0 atom stereocenters. The Kier molecular flexibility index (Phi) is 2.66. The highest BCUT2D eigenvalue weighted by molar-refractivity contribution is 5.92. The van der Waals surface area contributed by atoms with Gasteiger partial charge in [0, 0.05) is 19.1 Å². The lowest BCUT2D eigenvalue weighted by molar-refractivity contribution is 0.0945. The van der Waals surface area contributed by atoms with Crippen LogP contribution in [0.5, 0.6) is 0 Å². The molecular formula is C12H16N4O. The highest BCUT2D eigenvalue weighted by Gasteiger charge is 2.24. The van der Waals surface area contributed by atoms with Crippen LogP contribution in [-0.4, -0.2) is 35.0 Å². The third-order valence-electron chi connectivity index (χ3n) is 3.21. The molecule has 1 aliphatic carbocycles. The summed E-state index contributed by atoms with van der Waals surface area (Å²) in [5.74, 6) is 0.776. The molecule has 2 aliphatic rings. The number of aromatic nitrogens is 2. The number of carbonyl (C=O) groups is 1. The highest BCUT2D eigenvalue weighted by atomic mass is 16.2. The van der Waals surface area contributed by atoms with Crippen LogP contribution in [0.3, 0.4) is 0 Å². The summed E-state index contributed by atoms with van der Waals surface area (Å²) in [6.07, 6.45) is 7.88. The summed E-state index contributed by atoms with van der Waals surface area (Å²) in [7, 11) is 0. The largest absolute Gasteiger partial charge is 0.355 e. The van der Waals surface area contributed by atoms with Crippen molar-refractivity contribution < 1.29 is 4.79 Å². The van der Waals surface area contributed by atoms with E-state index in [1.165, 1.54) is 12.8 Å². The monoisotopic (exact) mass is 232 g/mol. The minimum absolute atomic E-state index is 0.104. The van der Waals surface area contributed by atoms with Crippen LogP contribution in [0.1, 0.15) is 36.2 Å². The van der Waals surface area contributed by atoms with Gasteiger partial charge < -0.3 is 10.2 Å². The molecule has 2 fully saturated rings. The average molecular weight is 232 g/mol. The number of amides is 1. The quantitative estimate of drug-likeness (QED) is 0.843. The normalized spacial score (nSPS) is 19.4. The van der Waals surface area contributed by atoms with Crippen molar-refractivity contribution in [1.29, 1.82) is 0 Å². The molecule has 1 N–H and O–H groups in total. The van der Waals surface area contributed by atoms with Crippen LogP contribution in [0, 0.1) is 0 Å². The number of hydrogen-bond acceptors (Lipinski definition) is 4. The van der Waals surface area contributed by atoms with Crippen molar-refractivity contribution in [2.45, 2.75) is 31.7 Å². The standard InChI is InChI=1S/C12H16N4O/c17-12(15-9-3-4-9)10-7-14-11(8-13-10)16-5-1-2-6-16/h7-9H,1-6H2,(H,15,17). The van der Waals surface area contributed by atoms with Gasteiger partial charge in [-0.3, -0.25) is 4.79 Å². The van der Waals surface area contributed by atoms with Gasteiger partial charge in [-0.15, -0.1) is 0 Å². The Bertz CT molecular complexity index is 407. The summed E-state index contributed by atoms with van der Waals surface area (Å²) >= 11 is 0. The predicted molar refractivity (Wildman–Crippen MR) is 64.0 cm³/mol. The van der Waals surface area contributed by atoms with Crippen LogP contribution < -0.4 is 10.2 Å². The van der Waals surface area contributed by atoms with Gasteiger partial charge in [0.15, 0.2) is 0 Å². The van der Waals surface area contributed by atoms with Gasteiger partial charge in [0.05, 0.1) is 12.4 Å². The summed E-state index contributed by atoms with van der Waals surface area (Å²) < 4.78 is 0. The maximum atomic E-state index is 11.7. The van der Waals surface area contributed by atoms with E-state index >= 15 is 0 Å². The maximum Gasteiger partial charge on any atom is 0.271 e. The van der Waals surface area contributed by atoms with E-state index in [4.69, 9.17) is 0 Å². The number of hydrogen-bond donors (Lipinski definition) is 1. The molecule has 0 radical (unpaired) electrons. The first-order valence-corrected chi connectivity index (χ1v) is 6.21. The number of carbonyl (C=O) groups excluding carboxylic acids is 1. The Morgan fingerprint density at radius 1 is 1.24 bits per heavy atom. The van der Waals surface area contributed by atoms with Crippen molar-refractivity contribution in [3.63, 3.8) is 0 Å². The fraction of sp³-hybridized carbons (Fsp3) is 0.583. The van der Waals surface area contributed by atoms with E-state index in [0.29, 0.717) is 11.7 Å². The molecule has 0 spiro atoms. The van der Waals surface area contributed by atoms with Gasteiger partial charge in [-0.05, 0) is 25.7 Å². The molecule has 5 heteroatoms. The van der Waals surface area contributed by atoms with Crippen LogP contribution in [0.4, 0.5) is 5.82 Å². The first-order valence-electron chi connectivity index (χ1n) is 6.21. The number of nitrogens with one attached hydrogen (secondary N) is 1. The maximum absolute atomic E-state index is 11.7. The zero-order chi connectivity index (χ0) is 11.7. The summed E-state index contributed by atoms with van der Waals surface area (Å²) in [4.78, 5) is 22.4. The summed E-state index contributed by atoms with van der Waals surface area (Å²) in [5, 5.41) is 2.90. The average Bonchev–Trinajstić information content (AvgIpc) is 3.00. The summed E-state index contributed by atoms with van der Waals surface area (Å²) in [6.45, 7) is 2.09. The molecule has 1 aliphatic heterocycles. The van der Waals surface area contributed by atoms with E-state index in [-0.39, 0.29) is 5.91 Å². The third-order valence-corrected chi connectivity index (χ3v) is 3.21. The van der Waals surface area contributed by atoms with Crippen molar-refractivity contribution in [3.05, 3.63) is 18.1 Å². The van der Waals surface area contributed by atoms with Gasteiger partial charge in [-0.25, -0.2) is 9.97 Å². The molecule has 1 saturated carbocycles. The topological polar surface area (TPSA) is 58.1 Å². The first-order chi connectivity index (χ1) is 8.33. The van der Waals surface area contributed by atoms with Gasteiger partial charge in [0.25, 0.3) is 5.91 Å². The number of nitrogens with zero attached hydrogens (tertiary/aromatic N) is 3. The lowest BCUT2D eigenvalue weighted by atomic mass is 10.4. The Balaban J connectivity index is 1.67. The zero-order valence-electron chi connectivity index (χ0n) is 9.72. The van der Waals surface area contributed by atoms with E-state index in [1.807, 2.05) is 0 Å². The van der Waals surface area contributed by atoms with E-state index in [9.17, 15) is 4.79 Å². The third kappa shape index (κ3) is 2.38. The van der Waals surface area contributed by atoms with Crippen molar-refractivity contribution in [1.82, 2.24) is 15.3 Å². The van der Waals surface area contributed by atoms with Crippen LogP contribution in [0.2, 0.25) is 0 Å². The van der Waals surface area contributed by atoms with Crippen molar-refractivity contribution in [3.8, 4) is 0 Å². The number of anilines is 1. The molecule has 5 nitrogen and oxygen atoms in total. The van der Waals surface area contributed by atoms with E-state index < -0.39 is 0 Å². The molecule has 0 unspecified atom stereocenters. The first kappa shape index (κ1) is 10.5. The van der Waals surface area contributed by atoms with Crippen LogP contribution in [-0.2, 0) is 0 Å². The summed E-state index contributed by atoms with van der Waals surface area (Å²) in [6, 6.07) is 0.363. The molecule has 1 saturated heterocycles. The fourth-order valence-corrected chi connectivity index (χ4v) is 2.04. The molecule has 17 heavy (non-hydrogen) atoms. The van der Waals surface area contributed by atoms with Gasteiger partial charge in [0.2, 0.25) is 0 Å². The Morgan fingerprint density at radius 2 is 2.00 bits per heavy atom. The van der Waals surface area contributed by atoms with Crippen LogP contribution >= 0.6 is 0 Å². The summed E-state index contributed by atoms with van der Waals surface area (Å²) in [5.41, 5.74) is 0.417. The van der Waals surface area contributed by atoms with Crippen molar-refractivity contribution in [2.75, 3.05) is 18.0 Å². The van der Waals surface area contributed by atoms with E-state index in [1.54, 1.807) is 12.4 Å². The molecule has 90 valence electrons. The highest BCUT2D eigenvalue weighted by Crippen LogP contribution is 2.19. The van der Waals surface area contributed by atoms with Gasteiger partial charge >= 0.3 is 0 Å². The second-order valence-corrected chi connectivity index (χ2v) is 4.70. The minimum atomic E-state index is -0.104. The molecule has 0 bridgehead atoms. The fourth-order valence-electron chi connectivity index (χ4n) is 2.04. The Morgan fingerprint density at radius 3 is 2.59 bits per heavy atom. The second-order valence-electron chi connectivity index (χ2n) is 4.70. The zero-order valence-corrected chi connectivity index (χ0v) is 9.72. The lowest BCUT2D eigenvalue weighted by Crippen LogP contribution is -2.27. The molecule has 1 aromatic heterocycles. The minimum Gasteiger partial charge on any atom is -0.355 e. The molecule has 1 aromatic rings. The molecule has 0 aromatic carbocycles. The Labute approximate surface area is 100 Å². The van der Waals surface area contributed by atoms with Crippen LogP contribution in [0.15, 0.2) is 12.4 Å². The Hall–Kier alpha value is -1.65. The van der Waals surface area contributed by atoms with Crippen molar-refractivity contribution >= 4 is 11.7 Å². The van der Waals surface area contributed by atoms with E-state index in [2.05, 4.69) is 20.2 Å². The smallest absolute Gasteiger partial charge is 0.271 e. The van der Waals surface area contributed by atoms with Gasteiger partial charge in [-0.1, -0.05) is 0 Å². The lowest BCUT2D eigenvalue weighted by Gasteiger charge is -2.15. The number of rotatable bonds is 3. The van der Waals surface area contributed by atoms with Gasteiger partial charge in [-0.2, -0.15) is 0 Å². The van der Waals surface area contributed by atoms with E-state index in [0.717, 1.165) is 31.7 Å². The van der Waals surface area contributed by atoms with Gasteiger partial charge in [0.1, 0.15) is 11.5 Å². The van der Waals surface area contributed by atoms with Crippen molar-refractivity contribution in [2.24, 2.45) is 0 Å². The second kappa shape index (κ2) is 4.31. The molecular weight excluding hydrogens is 216 g/mol. The molecule has 1 amide bonds.